The molecule has 0 fully saturated rings. The zero-order chi connectivity index (χ0) is 7.11. The Hall–Kier alpha value is -1.03. The van der Waals surface area contributed by atoms with Crippen LogP contribution in [0.1, 0.15) is 6.92 Å². The molecule has 0 aliphatic rings. The van der Waals surface area contributed by atoms with Crippen molar-refractivity contribution in [1.82, 2.24) is 9.97 Å². The number of carbonyl (C=O) groups is 1. The van der Waals surface area contributed by atoms with E-state index in [9.17, 15) is 0 Å². The van der Waals surface area contributed by atoms with Gasteiger partial charge in [-0.25, -0.2) is 4.98 Å². The van der Waals surface area contributed by atoms with Gasteiger partial charge in [0, 0.05) is 19.3 Å². The first-order chi connectivity index (χ1) is 4.23. The third kappa shape index (κ3) is 15.8. The second-order valence-corrected chi connectivity index (χ2v) is 1.28. The van der Waals surface area contributed by atoms with E-state index in [0.717, 1.165) is 6.92 Å². The summed E-state index contributed by atoms with van der Waals surface area (Å²) in [7, 11) is 0. The van der Waals surface area contributed by atoms with Crippen molar-refractivity contribution in [2.45, 2.75) is 6.92 Å². The van der Waals surface area contributed by atoms with Crippen LogP contribution in [0.3, 0.4) is 0 Å². The summed E-state index contributed by atoms with van der Waals surface area (Å²) < 4.78 is 0. The molecule has 4 nitrogen and oxygen atoms in total. The zero-order valence-electron chi connectivity index (χ0n) is 5.44. The lowest BCUT2D eigenvalue weighted by molar-refractivity contribution is -0.134. The van der Waals surface area contributed by atoms with Crippen LogP contribution in [0.5, 0.6) is 0 Å². The first-order valence-corrected chi connectivity index (χ1v) is 2.35. The summed E-state index contributed by atoms with van der Waals surface area (Å²) in [6.45, 7) is 1.08. The molecule has 1 rings (SSSR count). The highest BCUT2D eigenvalue weighted by Gasteiger charge is 1.65. The van der Waals surface area contributed by atoms with E-state index >= 15 is 0 Å². The van der Waals surface area contributed by atoms with Gasteiger partial charge in [0.1, 0.15) is 0 Å². The summed E-state index contributed by atoms with van der Waals surface area (Å²) in [4.78, 5) is 15.4. The van der Waals surface area contributed by atoms with Crippen molar-refractivity contribution in [3.8, 4) is 0 Å². The second-order valence-electron chi connectivity index (χ2n) is 1.28. The van der Waals surface area contributed by atoms with E-state index in [1.165, 1.54) is 0 Å². The Morgan fingerprint density at radius 2 is 2.20 bits per heavy atom. The minimum atomic E-state index is -0.833. The molecular formula is C5H9ClN2O2. The number of imidazole rings is 1. The smallest absolute Gasteiger partial charge is 0.300 e. The highest BCUT2D eigenvalue weighted by Crippen LogP contribution is 1.62. The molecule has 0 unspecified atom stereocenters. The zero-order valence-corrected chi connectivity index (χ0v) is 6.26. The molecule has 10 heavy (non-hydrogen) atoms. The summed E-state index contributed by atoms with van der Waals surface area (Å²) in [6.07, 6.45) is 5.08. The molecule has 0 aromatic carbocycles. The quantitative estimate of drug-likeness (QED) is 0.599. The van der Waals surface area contributed by atoms with Gasteiger partial charge in [0.15, 0.2) is 0 Å². The Balaban J connectivity index is 0. The van der Waals surface area contributed by atoms with Gasteiger partial charge in [-0.2, -0.15) is 0 Å². The summed E-state index contributed by atoms with van der Waals surface area (Å²) in [6, 6.07) is 0. The summed E-state index contributed by atoms with van der Waals surface area (Å²) in [5.41, 5.74) is 0. The van der Waals surface area contributed by atoms with Crippen LogP contribution in [0.15, 0.2) is 18.7 Å². The maximum Gasteiger partial charge on any atom is 0.300 e. The van der Waals surface area contributed by atoms with E-state index in [2.05, 4.69) is 9.97 Å². The van der Waals surface area contributed by atoms with Crippen molar-refractivity contribution in [1.29, 1.82) is 0 Å². The lowest BCUT2D eigenvalue weighted by Crippen LogP contribution is -1.78. The SMILES string of the molecule is CC(=O)O.Cl.c1c[nH]cn1. The largest absolute Gasteiger partial charge is 0.481 e. The molecule has 0 saturated heterocycles. The molecule has 0 atom stereocenters. The van der Waals surface area contributed by atoms with Gasteiger partial charge in [-0.05, 0) is 0 Å². The summed E-state index contributed by atoms with van der Waals surface area (Å²) in [5, 5.41) is 7.42. The molecule has 0 spiro atoms. The fourth-order valence-corrected chi connectivity index (χ4v) is 0.215. The monoisotopic (exact) mass is 164 g/mol. The van der Waals surface area contributed by atoms with Crippen molar-refractivity contribution in [2.24, 2.45) is 0 Å². The Kier molecular flexibility index (Phi) is 9.35. The number of hydrogen-bond donors (Lipinski definition) is 2. The van der Waals surface area contributed by atoms with Gasteiger partial charge in [-0.3, -0.25) is 4.79 Å². The van der Waals surface area contributed by atoms with Crippen LogP contribution < -0.4 is 0 Å². The van der Waals surface area contributed by atoms with Gasteiger partial charge in [0.05, 0.1) is 6.33 Å². The van der Waals surface area contributed by atoms with E-state index in [1.54, 1.807) is 18.7 Å². The van der Waals surface area contributed by atoms with Crippen LogP contribution in [0, 0.1) is 0 Å². The van der Waals surface area contributed by atoms with E-state index in [0.29, 0.717) is 0 Å². The van der Waals surface area contributed by atoms with Crippen LogP contribution in [0.4, 0.5) is 0 Å². The number of H-pyrrole nitrogens is 1. The van der Waals surface area contributed by atoms with E-state index < -0.39 is 5.97 Å². The van der Waals surface area contributed by atoms with Crippen molar-refractivity contribution in [3.63, 3.8) is 0 Å². The Labute approximate surface area is 64.7 Å². The second kappa shape index (κ2) is 7.97. The Morgan fingerprint density at radius 1 is 1.70 bits per heavy atom. The number of aliphatic carboxylic acids is 1. The minimum absolute atomic E-state index is 0. The minimum Gasteiger partial charge on any atom is -0.481 e. The van der Waals surface area contributed by atoms with Gasteiger partial charge >= 0.3 is 0 Å². The van der Waals surface area contributed by atoms with Crippen molar-refractivity contribution in [3.05, 3.63) is 18.7 Å². The van der Waals surface area contributed by atoms with Crippen LogP contribution in [-0.2, 0) is 4.79 Å². The number of rotatable bonds is 0. The molecule has 2 N–H and O–H groups in total. The average Bonchev–Trinajstić information content (AvgIpc) is 2.11. The molecule has 0 bridgehead atoms. The molecule has 0 aliphatic carbocycles. The first-order valence-electron chi connectivity index (χ1n) is 2.35. The predicted octanol–water partition coefficient (Wildman–Crippen LogP) is 0.922. The van der Waals surface area contributed by atoms with Crippen molar-refractivity contribution < 1.29 is 9.90 Å². The van der Waals surface area contributed by atoms with Gasteiger partial charge in [0.25, 0.3) is 5.97 Å². The number of carboxylic acids is 1. The standard InChI is InChI=1S/C3H4N2.C2H4O2.ClH/c1-2-5-3-4-1;1-2(3)4;/h1-3H,(H,4,5);1H3,(H,3,4);1H. The molecular weight excluding hydrogens is 156 g/mol. The fourth-order valence-electron chi connectivity index (χ4n) is 0.215. The van der Waals surface area contributed by atoms with Crippen LogP contribution in [0.25, 0.3) is 0 Å². The highest BCUT2D eigenvalue weighted by molar-refractivity contribution is 5.85. The average molecular weight is 165 g/mol. The van der Waals surface area contributed by atoms with Crippen LogP contribution in [0.2, 0.25) is 0 Å². The maximum absolute atomic E-state index is 9.00. The third-order valence-electron chi connectivity index (χ3n) is 0.406. The molecule has 0 saturated carbocycles. The normalized spacial score (nSPS) is 6.50. The van der Waals surface area contributed by atoms with E-state index in [4.69, 9.17) is 9.90 Å². The van der Waals surface area contributed by atoms with E-state index in [-0.39, 0.29) is 12.4 Å². The van der Waals surface area contributed by atoms with Crippen molar-refractivity contribution in [2.75, 3.05) is 0 Å². The third-order valence-corrected chi connectivity index (χ3v) is 0.406. The number of carboxylic acid groups (broad SMARTS) is 1. The Bertz CT molecular complexity index is 131. The molecule has 1 aromatic heterocycles. The van der Waals surface area contributed by atoms with E-state index in [1.807, 2.05) is 0 Å². The van der Waals surface area contributed by atoms with Gasteiger partial charge in [-0.1, -0.05) is 0 Å². The molecule has 0 radical (unpaired) electrons. The van der Waals surface area contributed by atoms with Crippen molar-refractivity contribution >= 4 is 18.4 Å². The number of nitrogens with one attached hydrogen (secondary N) is 1. The lowest BCUT2D eigenvalue weighted by atomic mass is 10.9. The number of nitrogens with zero attached hydrogens (tertiary/aromatic N) is 1. The molecule has 1 aromatic rings. The first kappa shape index (κ1) is 11.7. The highest BCUT2D eigenvalue weighted by atomic mass is 35.5. The predicted molar refractivity (Wildman–Crippen MR) is 39.1 cm³/mol. The van der Waals surface area contributed by atoms with Crippen LogP contribution in [-0.4, -0.2) is 21.0 Å². The molecule has 0 aliphatic heterocycles. The lowest BCUT2D eigenvalue weighted by Gasteiger charge is -1.59. The molecule has 58 valence electrons. The number of aromatic amines is 1. The number of halogens is 1. The topological polar surface area (TPSA) is 66.0 Å². The fraction of sp³-hybridized carbons (Fsp3) is 0.200. The van der Waals surface area contributed by atoms with Crippen LogP contribution >= 0.6 is 12.4 Å². The molecule has 1 heterocycles. The molecule has 5 heteroatoms. The summed E-state index contributed by atoms with van der Waals surface area (Å²) >= 11 is 0. The van der Waals surface area contributed by atoms with Gasteiger partial charge < -0.3 is 10.1 Å². The number of hydrogen-bond acceptors (Lipinski definition) is 2. The number of aromatic nitrogens is 2. The summed E-state index contributed by atoms with van der Waals surface area (Å²) in [5.74, 6) is -0.833. The Morgan fingerprint density at radius 3 is 2.30 bits per heavy atom. The van der Waals surface area contributed by atoms with Gasteiger partial charge in [-0.15, -0.1) is 12.4 Å². The molecule has 0 amide bonds. The van der Waals surface area contributed by atoms with Gasteiger partial charge in [0.2, 0.25) is 0 Å². The maximum atomic E-state index is 9.00.